The van der Waals surface area contributed by atoms with Crippen molar-refractivity contribution in [2.75, 3.05) is 0 Å². The summed E-state index contributed by atoms with van der Waals surface area (Å²) in [4.78, 5) is 10.2. The van der Waals surface area contributed by atoms with Gasteiger partial charge in [0.05, 0.1) is 27.7 Å². The Morgan fingerprint density at radius 3 is 1.72 bits per heavy atom. The van der Waals surface area contributed by atoms with Crippen molar-refractivity contribution in [2.45, 2.75) is 5.41 Å². The van der Waals surface area contributed by atoms with Crippen LogP contribution in [0.5, 0.6) is 0 Å². The van der Waals surface area contributed by atoms with E-state index >= 15 is 0 Å². The molecular formula is C51H33N3. The molecule has 0 radical (unpaired) electrons. The average molecular weight is 688 g/mol. The number of benzene rings is 8. The normalized spacial score (nSPS) is 13.0. The van der Waals surface area contributed by atoms with E-state index in [9.17, 15) is 0 Å². The summed E-state index contributed by atoms with van der Waals surface area (Å²) in [5.41, 5.74) is 14.6. The largest absolute Gasteiger partial charge is 0.309 e. The van der Waals surface area contributed by atoms with Gasteiger partial charge in [-0.05, 0) is 75.8 Å². The van der Waals surface area contributed by atoms with Crippen LogP contribution in [-0.4, -0.2) is 14.5 Å². The predicted molar refractivity (Wildman–Crippen MR) is 222 cm³/mol. The number of fused-ring (bicyclic) bond motifs is 7. The van der Waals surface area contributed by atoms with Crippen LogP contribution in [0.15, 0.2) is 200 Å². The number of aromatic nitrogens is 3. The SMILES string of the molecule is c1ccc(-c2nc(-c3ccc(-n4c5ccccc5c5ccc(C6(c7ccccc7)c7ccccc7-c7ccccc76)cc54)cc3)nc3ccccc23)cc1. The summed E-state index contributed by atoms with van der Waals surface area (Å²) in [6, 6.07) is 72.2. The third-order valence-electron chi connectivity index (χ3n) is 11.3. The van der Waals surface area contributed by atoms with E-state index < -0.39 is 5.41 Å². The smallest absolute Gasteiger partial charge is 0.160 e. The van der Waals surface area contributed by atoms with E-state index in [2.05, 4.69) is 193 Å². The quantitative estimate of drug-likeness (QED) is 0.180. The summed E-state index contributed by atoms with van der Waals surface area (Å²) >= 11 is 0. The lowest BCUT2D eigenvalue weighted by Crippen LogP contribution is -2.28. The van der Waals surface area contributed by atoms with Gasteiger partial charge < -0.3 is 4.57 Å². The van der Waals surface area contributed by atoms with Crippen molar-refractivity contribution >= 4 is 32.7 Å². The van der Waals surface area contributed by atoms with Gasteiger partial charge in [-0.3, -0.25) is 0 Å². The molecule has 3 heteroatoms. The van der Waals surface area contributed by atoms with Gasteiger partial charge in [-0.2, -0.15) is 0 Å². The van der Waals surface area contributed by atoms with Crippen molar-refractivity contribution in [3.63, 3.8) is 0 Å². The number of hydrogen-bond donors (Lipinski definition) is 0. The summed E-state index contributed by atoms with van der Waals surface area (Å²) in [5.74, 6) is 0.715. The molecule has 0 atom stereocenters. The van der Waals surface area contributed by atoms with E-state index in [1.807, 2.05) is 12.1 Å². The molecule has 2 aromatic heterocycles. The second-order valence-electron chi connectivity index (χ2n) is 14.1. The highest BCUT2D eigenvalue weighted by atomic mass is 15.0. The van der Waals surface area contributed by atoms with E-state index in [1.165, 1.54) is 55.2 Å². The van der Waals surface area contributed by atoms with Crippen LogP contribution in [0, 0.1) is 0 Å². The zero-order chi connectivity index (χ0) is 35.6. The van der Waals surface area contributed by atoms with Gasteiger partial charge in [0.2, 0.25) is 0 Å². The van der Waals surface area contributed by atoms with Crippen LogP contribution in [0.25, 0.3) is 72.2 Å². The molecule has 2 heterocycles. The van der Waals surface area contributed by atoms with Gasteiger partial charge in [-0.15, -0.1) is 0 Å². The first-order chi connectivity index (χ1) is 26.8. The van der Waals surface area contributed by atoms with Crippen LogP contribution in [0.3, 0.4) is 0 Å². The Kier molecular flexibility index (Phi) is 6.77. The van der Waals surface area contributed by atoms with Gasteiger partial charge >= 0.3 is 0 Å². The topological polar surface area (TPSA) is 30.7 Å². The molecule has 0 unspecified atom stereocenters. The lowest BCUT2D eigenvalue weighted by Gasteiger charge is -2.34. The van der Waals surface area contributed by atoms with Crippen LogP contribution in [0.2, 0.25) is 0 Å². The zero-order valence-electron chi connectivity index (χ0n) is 29.4. The maximum Gasteiger partial charge on any atom is 0.160 e. The Morgan fingerprint density at radius 2 is 0.981 bits per heavy atom. The Labute approximate surface area is 313 Å². The fraction of sp³-hybridized carbons (Fsp3) is 0.0196. The van der Waals surface area contributed by atoms with Gasteiger partial charge in [-0.1, -0.05) is 158 Å². The second-order valence-corrected chi connectivity index (χ2v) is 14.1. The van der Waals surface area contributed by atoms with Crippen molar-refractivity contribution in [1.82, 2.24) is 14.5 Å². The summed E-state index contributed by atoms with van der Waals surface area (Å²) in [6.45, 7) is 0. The molecule has 252 valence electrons. The number of rotatable bonds is 5. The summed E-state index contributed by atoms with van der Waals surface area (Å²) in [7, 11) is 0. The first kappa shape index (κ1) is 30.5. The zero-order valence-corrected chi connectivity index (χ0v) is 29.4. The minimum atomic E-state index is -0.475. The lowest BCUT2D eigenvalue weighted by atomic mass is 9.67. The van der Waals surface area contributed by atoms with E-state index in [1.54, 1.807) is 0 Å². The van der Waals surface area contributed by atoms with Crippen molar-refractivity contribution in [3.8, 4) is 39.5 Å². The van der Waals surface area contributed by atoms with Crippen LogP contribution in [-0.2, 0) is 5.41 Å². The Morgan fingerprint density at radius 1 is 0.389 bits per heavy atom. The second kappa shape index (κ2) is 12.0. The highest BCUT2D eigenvalue weighted by molar-refractivity contribution is 6.09. The molecule has 11 rings (SSSR count). The van der Waals surface area contributed by atoms with Crippen molar-refractivity contribution in [2.24, 2.45) is 0 Å². The third-order valence-corrected chi connectivity index (χ3v) is 11.3. The monoisotopic (exact) mass is 687 g/mol. The molecule has 0 N–H and O–H groups in total. The summed E-state index contributed by atoms with van der Waals surface area (Å²) in [5, 5.41) is 3.51. The van der Waals surface area contributed by atoms with Crippen LogP contribution in [0.1, 0.15) is 22.3 Å². The van der Waals surface area contributed by atoms with Crippen LogP contribution in [0.4, 0.5) is 0 Å². The summed E-state index contributed by atoms with van der Waals surface area (Å²) < 4.78 is 2.42. The van der Waals surface area contributed by atoms with Crippen molar-refractivity contribution in [1.29, 1.82) is 0 Å². The van der Waals surface area contributed by atoms with Crippen LogP contribution >= 0.6 is 0 Å². The molecule has 8 aromatic carbocycles. The predicted octanol–water partition coefficient (Wildman–Crippen LogP) is 12.4. The summed E-state index contributed by atoms with van der Waals surface area (Å²) in [6.07, 6.45) is 0. The fourth-order valence-corrected chi connectivity index (χ4v) is 8.98. The molecule has 0 saturated carbocycles. The van der Waals surface area contributed by atoms with E-state index in [0.29, 0.717) is 5.82 Å². The number of nitrogens with zero attached hydrogens (tertiary/aromatic N) is 3. The van der Waals surface area contributed by atoms with E-state index in [4.69, 9.17) is 9.97 Å². The highest BCUT2D eigenvalue weighted by Crippen LogP contribution is 2.56. The first-order valence-electron chi connectivity index (χ1n) is 18.5. The molecule has 1 aliphatic carbocycles. The minimum absolute atomic E-state index is 0.475. The fourth-order valence-electron chi connectivity index (χ4n) is 8.98. The number of para-hydroxylation sites is 2. The maximum absolute atomic E-state index is 5.14. The van der Waals surface area contributed by atoms with Crippen molar-refractivity contribution < 1.29 is 0 Å². The average Bonchev–Trinajstić information content (AvgIpc) is 3.74. The van der Waals surface area contributed by atoms with Gasteiger partial charge in [0.1, 0.15) is 0 Å². The molecule has 0 saturated heterocycles. The molecular weight excluding hydrogens is 655 g/mol. The lowest BCUT2D eigenvalue weighted by molar-refractivity contribution is 0.769. The Bertz CT molecular complexity index is 2990. The first-order valence-corrected chi connectivity index (χ1v) is 18.5. The van der Waals surface area contributed by atoms with E-state index in [0.717, 1.165) is 33.4 Å². The van der Waals surface area contributed by atoms with Gasteiger partial charge in [0.25, 0.3) is 0 Å². The molecule has 10 aromatic rings. The molecule has 0 spiro atoms. The number of hydrogen-bond acceptors (Lipinski definition) is 2. The van der Waals surface area contributed by atoms with Crippen molar-refractivity contribution in [3.05, 3.63) is 222 Å². The third kappa shape index (κ3) is 4.42. The molecule has 0 bridgehead atoms. The molecule has 54 heavy (non-hydrogen) atoms. The van der Waals surface area contributed by atoms with Gasteiger partial charge in [0.15, 0.2) is 5.82 Å². The molecule has 0 aliphatic heterocycles. The minimum Gasteiger partial charge on any atom is -0.309 e. The van der Waals surface area contributed by atoms with E-state index in [-0.39, 0.29) is 0 Å². The molecule has 1 aliphatic rings. The standard InChI is InChI=1S/C51H33N3/c1-3-15-34(16-4-1)49-43-22-9-13-25-46(43)52-50(53-49)35-27-30-38(31-28-35)54-47-26-14-10-21-41(47)42-32-29-37(33-48(42)54)51(36-17-5-2-6-18-36)44-23-11-7-19-39(44)40-20-8-12-24-45(40)51/h1-33H. The molecule has 0 fully saturated rings. The van der Waals surface area contributed by atoms with Gasteiger partial charge in [0, 0.05) is 33.0 Å². The molecule has 0 amide bonds. The Hall–Kier alpha value is -7.10. The highest BCUT2D eigenvalue weighted by Gasteiger charge is 2.46. The molecule has 3 nitrogen and oxygen atoms in total. The maximum atomic E-state index is 5.14. The van der Waals surface area contributed by atoms with Crippen LogP contribution < -0.4 is 0 Å². The Balaban J connectivity index is 1.12. The van der Waals surface area contributed by atoms with Gasteiger partial charge in [-0.25, -0.2) is 9.97 Å².